The SMILES string of the molecule is O=c1sccn1CCO. The topological polar surface area (TPSA) is 42.2 Å². The van der Waals surface area contributed by atoms with Crippen LogP contribution in [0.25, 0.3) is 0 Å². The highest BCUT2D eigenvalue weighted by Gasteiger charge is 1.91. The number of thiazole rings is 1. The van der Waals surface area contributed by atoms with E-state index in [9.17, 15) is 4.79 Å². The van der Waals surface area contributed by atoms with Crippen LogP contribution in [-0.4, -0.2) is 16.3 Å². The van der Waals surface area contributed by atoms with Crippen molar-refractivity contribution in [2.45, 2.75) is 6.54 Å². The van der Waals surface area contributed by atoms with Gasteiger partial charge in [-0.2, -0.15) is 0 Å². The molecule has 3 nitrogen and oxygen atoms in total. The summed E-state index contributed by atoms with van der Waals surface area (Å²) in [5, 5.41) is 10.1. The lowest BCUT2D eigenvalue weighted by molar-refractivity contribution is 0.275. The molecule has 0 atom stereocenters. The van der Waals surface area contributed by atoms with E-state index in [1.807, 2.05) is 0 Å². The number of rotatable bonds is 2. The van der Waals surface area contributed by atoms with E-state index in [1.54, 1.807) is 11.6 Å². The second-order valence-electron chi connectivity index (χ2n) is 1.59. The van der Waals surface area contributed by atoms with Crippen LogP contribution >= 0.6 is 11.3 Å². The quantitative estimate of drug-likeness (QED) is 0.631. The third-order valence-electron chi connectivity index (χ3n) is 0.985. The molecule has 1 heterocycles. The molecule has 9 heavy (non-hydrogen) atoms. The minimum atomic E-state index is -0.0101. The molecular formula is C5H7NO2S. The molecule has 0 bridgehead atoms. The highest BCUT2D eigenvalue weighted by atomic mass is 32.1. The molecule has 0 aliphatic rings. The number of aliphatic hydroxyl groups excluding tert-OH is 1. The van der Waals surface area contributed by atoms with Crippen LogP contribution in [-0.2, 0) is 6.54 Å². The van der Waals surface area contributed by atoms with Crippen molar-refractivity contribution in [3.05, 3.63) is 21.2 Å². The highest BCUT2D eigenvalue weighted by molar-refractivity contribution is 7.07. The van der Waals surface area contributed by atoms with E-state index in [4.69, 9.17) is 5.11 Å². The number of aromatic nitrogens is 1. The molecule has 0 amide bonds. The van der Waals surface area contributed by atoms with Gasteiger partial charge in [0.25, 0.3) is 0 Å². The van der Waals surface area contributed by atoms with E-state index in [2.05, 4.69) is 0 Å². The zero-order valence-corrected chi connectivity index (χ0v) is 5.60. The van der Waals surface area contributed by atoms with Gasteiger partial charge in [-0.25, -0.2) is 0 Å². The Balaban J connectivity index is 2.81. The van der Waals surface area contributed by atoms with E-state index in [-0.39, 0.29) is 11.5 Å². The minimum Gasteiger partial charge on any atom is -0.395 e. The fourth-order valence-corrected chi connectivity index (χ4v) is 1.18. The van der Waals surface area contributed by atoms with Crippen molar-refractivity contribution in [1.82, 2.24) is 4.57 Å². The average molecular weight is 145 g/mol. The van der Waals surface area contributed by atoms with Gasteiger partial charge in [0.05, 0.1) is 6.61 Å². The first-order valence-corrected chi connectivity index (χ1v) is 3.47. The lowest BCUT2D eigenvalue weighted by Gasteiger charge is -1.92. The van der Waals surface area contributed by atoms with Crippen LogP contribution < -0.4 is 4.87 Å². The fourth-order valence-electron chi connectivity index (χ4n) is 0.564. The molecule has 1 N–H and O–H groups in total. The number of nitrogens with zero attached hydrogens (tertiary/aromatic N) is 1. The second kappa shape index (κ2) is 2.80. The van der Waals surface area contributed by atoms with Gasteiger partial charge >= 0.3 is 4.87 Å². The minimum absolute atomic E-state index is 0.0101. The smallest absolute Gasteiger partial charge is 0.307 e. The molecule has 0 radical (unpaired) electrons. The van der Waals surface area contributed by atoms with Gasteiger partial charge in [0.15, 0.2) is 0 Å². The molecule has 1 aromatic rings. The maximum absolute atomic E-state index is 10.7. The van der Waals surface area contributed by atoms with Gasteiger partial charge in [0, 0.05) is 18.1 Å². The van der Waals surface area contributed by atoms with E-state index in [0.717, 1.165) is 11.3 Å². The van der Waals surface area contributed by atoms with Gasteiger partial charge in [-0.05, 0) is 0 Å². The molecule has 1 aromatic heterocycles. The van der Waals surface area contributed by atoms with Crippen LogP contribution in [0.3, 0.4) is 0 Å². The summed E-state index contributed by atoms with van der Waals surface area (Å²) in [6.07, 6.45) is 1.67. The largest absolute Gasteiger partial charge is 0.395 e. The van der Waals surface area contributed by atoms with Crippen molar-refractivity contribution in [1.29, 1.82) is 0 Å². The Hall–Kier alpha value is -0.610. The molecule has 0 aliphatic carbocycles. The predicted octanol–water partition coefficient (Wildman–Crippen LogP) is -0.0979. The molecule has 0 spiro atoms. The first-order chi connectivity index (χ1) is 4.34. The second-order valence-corrected chi connectivity index (χ2v) is 2.44. The summed E-state index contributed by atoms with van der Waals surface area (Å²) in [6.45, 7) is 0.430. The van der Waals surface area contributed by atoms with E-state index in [1.165, 1.54) is 4.57 Å². The summed E-state index contributed by atoms with van der Waals surface area (Å²) >= 11 is 1.14. The third kappa shape index (κ3) is 1.40. The number of hydrogen-bond acceptors (Lipinski definition) is 3. The summed E-state index contributed by atoms with van der Waals surface area (Å²) < 4.78 is 1.48. The summed E-state index contributed by atoms with van der Waals surface area (Å²) in [4.78, 5) is 10.7. The standard InChI is InChI=1S/C5H7NO2S/c7-3-1-6-2-4-9-5(6)8/h2,4,7H,1,3H2. The summed E-state index contributed by atoms with van der Waals surface area (Å²) in [5.74, 6) is 0. The van der Waals surface area contributed by atoms with Gasteiger partial charge < -0.3 is 9.67 Å². The van der Waals surface area contributed by atoms with Crippen LogP contribution in [0.2, 0.25) is 0 Å². The van der Waals surface area contributed by atoms with Crippen LogP contribution in [0.4, 0.5) is 0 Å². The molecule has 1 rings (SSSR count). The van der Waals surface area contributed by atoms with E-state index in [0.29, 0.717) is 6.54 Å². The first kappa shape index (κ1) is 6.51. The zero-order valence-electron chi connectivity index (χ0n) is 4.78. The third-order valence-corrected chi connectivity index (χ3v) is 1.68. The Labute approximate surface area is 56.2 Å². The molecule has 0 aliphatic heterocycles. The fraction of sp³-hybridized carbons (Fsp3) is 0.400. The molecule has 50 valence electrons. The lowest BCUT2D eigenvalue weighted by atomic mass is 10.7. The van der Waals surface area contributed by atoms with Crippen molar-refractivity contribution in [2.75, 3.05) is 6.61 Å². The zero-order chi connectivity index (χ0) is 6.69. The van der Waals surface area contributed by atoms with Gasteiger partial charge in [-0.15, -0.1) is 0 Å². The molecule has 0 unspecified atom stereocenters. The van der Waals surface area contributed by atoms with E-state index >= 15 is 0 Å². The van der Waals surface area contributed by atoms with Gasteiger partial charge in [0.1, 0.15) is 0 Å². The maximum Gasteiger partial charge on any atom is 0.307 e. The molecule has 0 saturated heterocycles. The molecule has 0 aromatic carbocycles. The van der Waals surface area contributed by atoms with Gasteiger partial charge in [-0.3, -0.25) is 4.79 Å². The normalized spacial score (nSPS) is 9.89. The Morgan fingerprint density at radius 2 is 2.56 bits per heavy atom. The van der Waals surface area contributed by atoms with Gasteiger partial charge in [0.2, 0.25) is 0 Å². The van der Waals surface area contributed by atoms with Crippen LogP contribution in [0.15, 0.2) is 16.4 Å². The van der Waals surface area contributed by atoms with Gasteiger partial charge in [-0.1, -0.05) is 11.3 Å². The van der Waals surface area contributed by atoms with Crippen molar-refractivity contribution < 1.29 is 5.11 Å². The molecule has 4 heteroatoms. The van der Waals surface area contributed by atoms with Crippen molar-refractivity contribution in [3.63, 3.8) is 0 Å². The Bertz CT molecular complexity index is 227. The van der Waals surface area contributed by atoms with Crippen LogP contribution in [0.5, 0.6) is 0 Å². The molecule has 0 saturated carbocycles. The van der Waals surface area contributed by atoms with E-state index < -0.39 is 0 Å². The van der Waals surface area contributed by atoms with Crippen LogP contribution in [0.1, 0.15) is 0 Å². The summed E-state index contributed by atoms with van der Waals surface area (Å²) in [6, 6.07) is 0. The summed E-state index contributed by atoms with van der Waals surface area (Å²) in [7, 11) is 0. The van der Waals surface area contributed by atoms with Crippen molar-refractivity contribution >= 4 is 11.3 Å². The molecular weight excluding hydrogens is 138 g/mol. The number of aliphatic hydroxyl groups is 1. The number of hydrogen-bond donors (Lipinski definition) is 1. The Morgan fingerprint density at radius 1 is 1.78 bits per heavy atom. The summed E-state index contributed by atoms with van der Waals surface area (Å²) in [5.41, 5.74) is 0. The lowest BCUT2D eigenvalue weighted by Crippen LogP contribution is -2.13. The predicted molar refractivity (Wildman–Crippen MR) is 35.7 cm³/mol. The monoisotopic (exact) mass is 145 g/mol. The first-order valence-electron chi connectivity index (χ1n) is 2.59. The van der Waals surface area contributed by atoms with Crippen molar-refractivity contribution in [3.8, 4) is 0 Å². The highest BCUT2D eigenvalue weighted by Crippen LogP contribution is 1.86. The Kier molecular flexibility index (Phi) is 2.02. The molecule has 0 fully saturated rings. The van der Waals surface area contributed by atoms with Crippen LogP contribution in [0, 0.1) is 0 Å². The Morgan fingerprint density at radius 3 is 3.00 bits per heavy atom. The van der Waals surface area contributed by atoms with Crippen molar-refractivity contribution in [2.24, 2.45) is 0 Å². The average Bonchev–Trinajstić information content (AvgIpc) is 2.18. The maximum atomic E-state index is 10.7.